The topological polar surface area (TPSA) is 99.0 Å². The average Bonchev–Trinajstić information content (AvgIpc) is 3.24. The van der Waals surface area contributed by atoms with E-state index in [-0.39, 0.29) is 12.5 Å². The number of hydrogen-bond donors (Lipinski definition) is 1. The van der Waals surface area contributed by atoms with E-state index in [2.05, 4.69) is 20.8 Å². The summed E-state index contributed by atoms with van der Waals surface area (Å²) in [7, 11) is 0. The molecule has 2 aromatic heterocycles. The Morgan fingerprint density at radius 2 is 1.96 bits per heavy atom. The highest BCUT2D eigenvalue weighted by molar-refractivity contribution is 7.16. The molecule has 0 unspecified atom stereocenters. The number of benzene rings is 1. The number of anilines is 1. The second kappa shape index (κ2) is 7.44. The summed E-state index contributed by atoms with van der Waals surface area (Å²) in [6.07, 6.45) is 1.47. The van der Waals surface area contributed by atoms with E-state index in [1.54, 1.807) is 31.2 Å². The molecule has 1 aromatic carbocycles. The molecule has 0 saturated carbocycles. The molecule has 3 rings (SSSR count). The fourth-order valence-electron chi connectivity index (χ4n) is 2.38. The molecule has 26 heavy (non-hydrogen) atoms. The molecule has 2 heterocycles. The van der Waals surface area contributed by atoms with Gasteiger partial charge in [0, 0.05) is 10.4 Å². The van der Waals surface area contributed by atoms with E-state index in [1.807, 2.05) is 13.8 Å². The first kappa shape index (κ1) is 17.7. The van der Waals surface area contributed by atoms with E-state index in [4.69, 9.17) is 4.74 Å². The van der Waals surface area contributed by atoms with Gasteiger partial charge in [-0.25, -0.2) is 9.48 Å². The van der Waals surface area contributed by atoms with Crippen LogP contribution >= 0.6 is 11.3 Å². The van der Waals surface area contributed by atoms with Crippen LogP contribution in [-0.2, 0) is 4.74 Å². The fourth-order valence-corrected chi connectivity index (χ4v) is 3.43. The van der Waals surface area contributed by atoms with Gasteiger partial charge in [0.2, 0.25) is 0 Å². The maximum atomic E-state index is 12.6. The zero-order valence-corrected chi connectivity index (χ0v) is 15.3. The lowest BCUT2D eigenvalue weighted by atomic mass is 10.1. The summed E-state index contributed by atoms with van der Waals surface area (Å²) in [5.41, 5.74) is 2.42. The molecular weight excluding hydrogens is 354 g/mol. The number of aromatic nitrogens is 4. The van der Waals surface area contributed by atoms with Gasteiger partial charge in [-0.15, -0.1) is 16.4 Å². The molecule has 0 bridgehead atoms. The van der Waals surface area contributed by atoms with Crippen LogP contribution in [0.5, 0.6) is 0 Å². The van der Waals surface area contributed by atoms with Gasteiger partial charge in [0.15, 0.2) is 0 Å². The van der Waals surface area contributed by atoms with Crippen molar-refractivity contribution in [1.29, 1.82) is 0 Å². The Labute approximate surface area is 153 Å². The predicted octanol–water partition coefficient (Wildman–Crippen LogP) is 2.77. The number of ether oxygens (including phenoxy) is 1. The fraction of sp³-hybridized carbons (Fsp3) is 0.235. The van der Waals surface area contributed by atoms with E-state index in [9.17, 15) is 9.59 Å². The van der Waals surface area contributed by atoms with Crippen molar-refractivity contribution in [1.82, 2.24) is 20.2 Å². The third-order valence-electron chi connectivity index (χ3n) is 3.83. The lowest BCUT2D eigenvalue weighted by Gasteiger charge is -2.08. The van der Waals surface area contributed by atoms with Crippen molar-refractivity contribution in [3.63, 3.8) is 0 Å². The summed E-state index contributed by atoms with van der Waals surface area (Å²) in [6, 6.07) is 6.82. The summed E-state index contributed by atoms with van der Waals surface area (Å²) < 4.78 is 6.59. The van der Waals surface area contributed by atoms with Gasteiger partial charge < -0.3 is 10.1 Å². The number of thiophene rings is 1. The number of carbonyl (C=O) groups is 2. The lowest BCUT2D eigenvalue weighted by molar-refractivity contribution is 0.0527. The molecule has 0 spiro atoms. The highest BCUT2D eigenvalue weighted by atomic mass is 32.1. The van der Waals surface area contributed by atoms with Crippen LogP contribution in [-0.4, -0.2) is 38.7 Å². The second-order valence-corrected chi connectivity index (χ2v) is 6.69. The third-order valence-corrected chi connectivity index (χ3v) is 4.96. The number of hydrogen-bond acceptors (Lipinski definition) is 7. The normalized spacial score (nSPS) is 10.6. The van der Waals surface area contributed by atoms with Crippen LogP contribution in [0, 0.1) is 13.8 Å². The zero-order valence-electron chi connectivity index (χ0n) is 14.5. The first-order valence-electron chi connectivity index (χ1n) is 7.93. The van der Waals surface area contributed by atoms with Crippen molar-refractivity contribution >= 4 is 28.2 Å². The molecule has 0 fully saturated rings. The summed E-state index contributed by atoms with van der Waals surface area (Å²) >= 11 is 1.36. The number of nitrogens with zero attached hydrogens (tertiary/aromatic N) is 4. The SMILES string of the molecule is CCOC(=O)c1c(NC(=O)c2ccc(-n3cnnn3)cc2)sc(C)c1C. The number of rotatable bonds is 5. The molecule has 8 nitrogen and oxygen atoms in total. The van der Waals surface area contributed by atoms with Gasteiger partial charge in [-0.2, -0.15) is 0 Å². The van der Waals surface area contributed by atoms with Crippen LogP contribution in [0.25, 0.3) is 5.69 Å². The van der Waals surface area contributed by atoms with Gasteiger partial charge in [0.05, 0.1) is 17.9 Å². The Kier molecular flexibility index (Phi) is 5.08. The smallest absolute Gasteiger partial charge is 0.341 e. The number of nitrogens with one attached hydrogen (secondary N) is 1. The molecule has 134 valence electrons. The Morgan fingerprint density at radius 1 is 1.23 bits per heavy atom. The monoisotopic (exact) mass is 371 g/mol. The maximum Gasteiger partial charge on any atom is 0.341 e. The van der Waals surface area contributed by atoms with E-state index >= 15 is 0 Å². The van der Waals surface area contributed by atoms with Crippen LogP contribution in [0.1, 0.15) is 38.1 Å². The van der Waals surface area contributed by atoms with Gasteiger partial charge in [-0.1, -0.05) is 0 Å². The Morgan fingerprint density at radius 3 is 2.58 bits per heavy atom. The van der Waals surface area contributed by atoms with Crippen LogP contribution in [0.15, 0.2) is 30.6 Å². The number of amides is 1. The number of carbonyl (C=O) groups excluding carboxylic acids is 2. The molecule has 0 radical (unpaired) electrons. The minimum Gasteiger partial charge on any atom is -0.462 e. The van der Waals surface area contributed by atoms with Crippen molar-refractivity contribution in [2.24, 2.45) is 0 Å². The largest absolute Gasteiger partial charge is 0.462 e. The predicted molar refractivity (Wildman–Crippen MR) is 96.9 cm³/mol. The van der Waals surface area contributed by atoms with Gasteiger partial charge in [-0.3, -0.25) is 4.79 Å². The van der Waals surface area contributed by atoms with Gasteiger partial charge in [0.1, 0.15) is 11.3 Å². The highest BCUT2D eigenvalue weighted by Crippen LogP contribution is 2.33. The van der Waals surface area contributed by atoms with E-state index in [0.717, 1.165) is 16.1 Å². The van der Waals surface area contributed by atoms with Crippen molar-refractivity contribution in [3.8, 4) is 5.69 Å². The van der Waals surface area contributed by atoms with Crippen LogP contribution in [0.3, 0.4) is 0 Å². The van der Waals surface area contributed by atoms with E-state index in [1.165, 1.54) is 22.3 Å². The van der Waals surface area contributed by atoms with Gasteiger partial charge in [-0.05, 0) is 61.0 Å². The molecule has 0 saturated heterocycles. The number of esters is 1. The highest BCUT2D eigenvalue weighted by Gasteiger charge is 2.22. The van der Waals surface area contributed by atoms with Gasteiger partial charge >= 0.3 is 5.97 Å². The summed E-state index contributed by atoms with van der Waals surface area (Å²) in [6.45, 7) is 5.77. The van der Waals surface area contributed by atoms with E-state index < -0.39 is 5.97 Å². The minimum atomic E-state index is -0.432. The average molecular weight is 371 g/mol. The van der Waals surface area contributed by atoms with Crippen LogP contribution in [0.4, 0.5) is 5.00 Å². The number of tetrazole rings is 1. The van der Waals surface area contributed by atoms with Crippen LogP contribution < -0.4 is 5.32 Å². The standard InChI is InChI=1S/C17H17N5O3S/c1-4-25-17(24)14-10(2)11(3)26-16(14)19-15(23)12-5-7-13(8-6-12)22-9-18-20-21-22/h5-9H,4H2,1-3H3,(H,19,23). The Balaban J connectivity index is 1.82. The first-order valence-corrected chi connectivity index (χ1v) is 8.74. The summed E-state index contributed by atoms with van der Waals surface area (Å²) in [4.78, 5) is 25.7. The molecule has 0 atom stereocenters. The van der Waals surface area contributed by atoms with Gasteiger partial charge in [0.25, 0.3) is 5.91 Å². The first-order chi connectivity index (χ1) is 12.5. The minimum absolute atomic E-state index is 0.277. The second-order valence-electron chi connectivity index (χ2n) is 5.46. The quantitative estimate of drug-likeness (QED) is 0.693. The molecule has 9 heteroatoms. The molecular formula is C17H17N5O3S. The van der Waals surface area contributed by atoms with Crippen molar-refractivity contribution in [2.75, 3.05) is 11.9 Å². The molecule has 0 aliphatic rings. The maximum absolute atomic E-state index is 12.6. The number of aryl methyl sites for hydroxylation is 1. The molecule has 3 aromatic rings. The Hall–Kier alpha value is -3.07. The molecule has 0 aliphatic carbocycles. The Bertz CT molecular complexity index is 932. The molecule has 0 aliphatic heterocycles. The summed E-state index contributed by atoms with van der Waals surface area (Å²) in [5, 5.41) is 14.3. The lowest BCUT2D eigenvalue weighted by Crippen LogP contribution is -2.15. The van der Waals surface area contributed by atoms with E-state index in [0.29, 0.717) is 16.1 Å². The zero-order chi connectivity index (χ0) is 18.7. The van der Waals surface area contributed by atoms with Crippen LogP contribution in [0.2, 0.25) is 0 Å². The molecule has 1 amide bonds. The van der Waals surface area contributed by atoms with Crippen molar-refractivity contribution < 1.29 is 14.3 Å². The van der Waals surface area contributed by atoms with Crippen molar-refractivity contribution in [3.05, 3.63) is 52.2 Å². The third kappa shape index (κ3) is 3.47. The molecule has 1 N–H and O–H groups in total. The van der Waals surface area contributed by atoms with Crippen molar-refractivity contribution in [2.45, 2.75) is 20.8 Å². The summed E-state index contributed by atoms with van der Waals surface area (Å²) in [5.74, 6) is -0.737.